The molecule has 1 aliphatic carbocycles. The van der Waals surface area contributed by atoms with E-state index in [0.29, 0.717) is 6.42 Å². The van der Waals surface area contributed by atoms with E-state index in [-0.39, 0.29) is 23.2 Å². The van der Waals surface area contributed by atoms with Crippen LogP contribution in [0.25, 0.3) is 0 Å². The van der Waals surface area contributed by atoms with Crippen molar-refractivity contribution in [1.82, 2.24) is 14.7 Å². The van der Waals surface area contributed by atoms with Crippen LogP contribution in [0.5, 0.6) is 0 Å². The summed E-state index contributed by atoms with van der Waals surface area (Å²) >= 11 is 0. The number of aryl methyl sites for hydroxylation is 1. The molecule has 118 valence electrons. The van der Waals surface area contributed by atoms with Crippen molar-refractivity contribution in [2.45, 2.75) is 44.2 Å². The Balaban J connectivity index is 1.95. The second-order valence-corrected chi connectivity index (χ2v) is 6.09. The Hall–Kier alpha value is -2.18. The largest absolute Gasteiger partial charge is 0.480 e. The molecule has 2 fully saturated rings. The van der Waals surface area contributed by atoms with E-state index in [9.17, 15) is 19.5 Å². The van der Waals surface area contributed by atoms with Gasteiger partial charge in [0.05, 0.1) is 0 Å². The van der Waals surface area contributed by atoms with Gasteiger partial charge in [0.15, 0.2) is 0 Å². The number of likely N-dealkylation sites (tertiary alicyclic amines) is 1. The molecule has 0 bridgehead atoms. The molecule has 0 unspecified atom stereocenters. The van der Waals surface area contributed by atoms with Crippen molar-refractivity contribution in [2.75, 3.05) is 0 Å². The third-order valence-corrected chi connectivity index (χ3v) is 4.79. The van der Waals surface area contributed by atoms with Crippen LogP contribution in [0.15, 0.2) is 16.9 Å². The molecule has 22 heavy (non-hydrogen) atoms. The van der Waals surface area contributed by atoms with E-state index in [4.69, 9.17) is 0 Å². The highest BCUT2D eigenvalue weighted by Gasteiger charge is 2.48. The second kappa shape index (κ2) is 5.55. The van der Waals surface area contributed by atoms with Gasteiger partial charge in [-0.3, -0.25) is 9.59 Å². The van der Waals surface area contributed by atoms with Crippen LogP contribution in [0, 0.1) is 5.92 Å². The van der Waals surface area contributed by atoms with E-state index in [2.05, 4.69) is 5.10 Å². The Labute approximate surface area is 127 Å². The first-order valence-corrected chi connectivity index (χ1v) is 7.59. The number of aliphatic carboxylic acids is 1. The van der Waals surface area contributed by atoms with Crippen LogP contribution in [-0.4, -0.2) is 43.7 Å². The normalized spacial score (nSPS) is 27.5. The number of carboxylic acid groups (broad SMARTS) is 1. The van der Waals surface area contributed by atoms with Crippen LogP contribution in [0.2, 0.25) is 0 Å². The van der Waals surface area contributed by atoms with Crippen molar-refractivity contribution in [3.8, 4) is 0 Å². The molecule has 7 heteroatoms. The molecule has 0 radical (unpaired) electrons. The highest BCUT2D eigenvalue weighted by molar-refractivity contribution is 5.95. The summed E-state index contributed by atoms with van der Waals surface area (Å²) in [7, 11) is 1.47. The van der Waals surface area contributed by atoms with Gasteiger partial charge >= 0.3 is 5.97 Å². The van der Waals surface area contributed by atoms with E-state index in [0.717, 1.165) is 30.4 Å². The van der Waals surface area contributed by atoms with Gasteiger partial charge in [-0.1, -0.05) is 12.8 Å². The maximum atomic E-state index is 12.8. The van der Waals surface area contributed by atoms with Gasteiger partial charge in [0.25, 0.3) is 11.5 Å². The van der Waals surface area contributed by atoms with Gasteiger partial charge in [-0.25, -0.2) is 9.48 Å². The number of rotatable bonds is 2. The molecule has 1 N–H and O–H groups in total. The van der Waals surface area contributed by atoms with Crippen molar-refractivity contribution in [2.24, 2.45) is 13.0 Å². The Morgan fingerprint density at radius 2 is 2.00 bits per heavy atom. The summed E-state index contributed by atoms with van der Waals surface area (Å²) in [6, 6.07) is 1.84. The average molecular weight is 305 g/mol. The van der Waals surface area contributed by atoms with Crippen molar-refractivity contribution in [1.29, 1.82) is 0 Å². The van der Waals surface area contributed by atoms with Crippen molar-refractivity contribution in [3.63, 3.8) is 0 Å². The first-order valence-electron chi connectivity index (χ1n) is 7.59. The number of carbonyl (C=O) groups excluding carboxylic acids is 1. The molecule has 3 atom stereocenters. The van der Waals surface area contributed by atoms with Crippen LogP contribution in [0.1, 0.15) is 42.6 Å². The fourth-order valence-corrected chi connectivity index (χ4v) is 3.72. The van der Waals surface area contributed by atoms with Crippen LogP contribution in [0.3, 0.4) is 0 Å². The van der Waals surface area contributed by atoms with Gasteiger partial charge in [-0.05, 0) is 31.2 Å². The maximum Gasteiger partial charge on any atom is 0.326 e. The molecule has 1 aromatic heterocycles. The fourth-order valence-electron chi connectivity index (χ4n) is 3.72. The number of aromatic nitrogens is 2. The number of carbonyl (C=O) groups is 2. The van der Waals surface area contributed by atoms with Crippen LogP contribution < -0.4 is 5.56 Å². The lowest BCUT2D eigenvalue weighted by Gasteiger charge is -2.32. The second-order valence-electron chi connectivity index (χ2n) is 6.09. The van der Waals surface area contributed by atoms with Gasteiger partial charge in [-0.2, -0.15) is 5.10 Å². The Kier molecular flexibility index (Phi) is 3.72. The minimum atomic E-state index is -0.965. The van der Waals surface area contributed by atoms with E-state index in [1.54, 1.807) is 0 Å². The zero-order valence-corrected chi connectivity index (χ0v) is 12.4. The van der Waals surface area contributed by atoms with E-state index in [1.165, 1.54) is 24.1 Å². The molecule has 0 aromatic carbocycles. The first kappa shape index (κ1) is 14.7. The standard InChI is InChI=1S/C15H19N3O4/c1-17-13(19)7-6-10(16-17)14(20)18-11-5-3-2-4-9(11)8-12(18)15(21)22/h6-7,9,11-12H,2-5,8H2,1H3,(H,21,22)/t9-,11-,12-/m0/s1. The smallest absolute Gasteiger partial charge is 0.326 e. The number of fused-ring (bicyclic) bond motifs is 1. The zero-order valence-electron chi connectivity index (χ0n) is 12.4. The Bertz CT molecular complexity index is 669. The molecule has 2 aliphatic rings. The van der Waals surface area contributed by atoms with Gasteiger partial charge < -0.3 is 10.0 Å². The molecular weight excluding hydrogens is 286 g/mol. The van der Waals surface area contributed by atoms with Gasteiger partial charge in [0.1, 0.15) is 11.7 Å². The minimum absolute atomic E-state index is 0.0265. The van der Waals surface area contributed by atoms with Crippen LogP contribution in [-0.2, 0) is 11.8 Å². The van der Waals surface area contributed by atoms with E-state index < -0.39 is 17.9 Å². The predicted molar refractivity (Wildman–Crippen MR) is 77.4 cm³/mol. The summed E-state index contributed by atoms with van der Waals surface area (Å²) in [6.07, 6.45) is 4.42. The van der Waals surface area contributed by atoms with Crippen LogP contribution in [0.4, 0.5) is 0 Å². The number of nitrogens with zero attached hydrogens (tertiary/aromatic N) is 3. The summed E-state index contributed by atoms with van der Waals surface area (Å²) in [5.41, 5.74) is -0.178. The summed E-state index contributed by atoms with van der Waals surface area (Å²) in [6.45, 7) is 0. The summed E-state index contributed by atoms with van der Waals surface area (Å²) in [4.78, 5) is 37.2. The number of amides is 1. The molecule has 1 aromatic rings. The first-order chi connectivity index (χ1) is 10.5. The zero-order chi connectivity index (χ0) is 15.9. The topological polar surface area (TPSA) is 92.5 Å². The molecule has 1 aliphatic heterocycles. The lowest BCUT2D eigenvalue weighted by atomic mass is 9.84. The van der Waals surface area contributed by atoms with Crippen molar-refractivity contribution >= 4 is 11.9 Å². The van der Waals surface area contributed by atoms with Gasteiger partial charge in [0, 0.05) is 19.2 Å². The molecular formula is C15H19N3O4. The Morgan fingerprint density at radius 3 is 2.68 bits per heavy atom. The summed E-state index contributed by atoms with van der Waals surface area (Å²) in [5, 5.41) is 13.4. The average Bonchev–Trinajstić information content (AvgIpc) is 2.89. The quantitative estimate of drug-likeness (QED) is 0.865. The third-order valence-electron chi connectivity index (χ3n) is 4.79. The highest BCUT2D eigenvalue weighted by Crippen LogP contribution is 2.40. The third kappa shape index (κ3) is 2.40. The number of hydrogen-bond donors (Lipinski definition) is 1. The molecule has 2 heterocycles. The maximum absolute atomic E-state index is 12.8. The van der Waals surface area contributed by atoms with Crippen LogP contribution >= 0.6 is 0 Å². The highest BCUT2D eigenvalue weighted by atomic mass is 16.4. The predicted octanol–water partition coefficient (Wildman–Crippen LogP) is 0.638. The lowest BCUT2D eigenvalue weighted by Crippen LogP contribution is -2.46. The molecule has 1 amide bonds. The fraction of sp³-hybridized carbons (Fsp3) is 0.600. The molecule has 7 nitrogen and oxygen atoms in total. The SMILES string of the molecule is Cn1nc(C(=O)N2[C@H](C(=O)O)C[C@@H]3CCCC[C@@H]32)ccc1=O. The minimum Gasteiger partial charge on any atom is -0.480 e. The van der Waals surface area contributed by atoms with Gasteiger partial charge in [0.2, 0.25) is 0 Å². The molecule has 1 saturated carbocycles. The van der Waals surface area contributed by atoms with E-state index in [1.807, 2.05) is 0 Å². The monoisotopic (exact) mass is 305 g/mol. The van der Waals surface area contributed by atoms with Gasteiger partial charge in [-0.15, -0.1) is 0 Å². The number of carboxylic acids is 1. The lowest BCUT2D eigenvalue weighted by molar-refractivity contribution is -0.141. The molecule has 1 saturated heterocycles. The molecule has 0 spiro atoms. The molecule has 3 rings (SSSR count). The Morgan fingerprint density at radius 1 is 1.27 bits per heavy atom. The number of hydrogen-bond acceptors (Lipinski definition) is 4. The van der Waals surface area contributed by atoms with Crippen molar-refractivity contribution < 1.29 is 14.7 Å². The summed E-state index contributed by atoms with van der Waals surface area (Å²) < 4.78 is 1.09. The summed E-state index contributed by atoms with van der Waals surface area (Å²) in [5.74, 6) is -1.10. The van der Waals surface area contributed by atoms with Crippen molar-refractivity contribution in [3.05, 3.63) is 28.2 Å². The van der Waals surface area contributed by atoms with E-state index >= 15 is 0 Å².